The summed E-state index contributed by atoms with van der Waals surface area (Å²) in [5, 5.41) is 16.6. The van der Waals surface area contributed by atoms with Crippen molar-refractivity contribution in [3.05, 3.63) is 48.2 Å². The van der Waals surface area contributed by atoms with Crippen LogP contribution >= 0.6 is 0 Å². The second-order valence-electron chi connectivity index (χ2n) is 6.45. The number of ether oxygens (including phenoxy) is 1. The van der Waals surface area contributed by atoms with E-state index in [0.29, 0.717) is 31.7 Å². The second kappa shape index (κ2) is 5.92. The summed E-state index contributed by atoms with van der Waals surface area (Å²) in [5.74, 6) is -0.199. The molecule has 1 amide bonds. The standard InChI is InChI=1S/C19H20N2O3/c22-18(20-12-19(23)7-9-24-10-8-19)17-11-15-14-4-2-1-3-13(14)5-6-16(15)21-17/h1-6,11,21,23H,7-10,12H2,(H,20,22). The third-order valence-electron chi connectivity index (χ3n) is 4.77. The molecule has 24 heavy (non-hydrogen) atoms. The van der Waals surface area contributed by atoms with Gasteiger partial charge in [0.25, 0.3) is 5.91 Å². The molecule has 4 rings (SSSR count). The number of fused-ring (bicyclic) bond motifs is 3. The normalized spacial score (nSPS) is 17.2. The van der Waals surface area contributed by atoms with Crippen LogP contribution < -0.4 is 5.32 Å². The maximum atomic E-state index is 12.5. The van der Waals surface area contributed by atoms with E-state index in [4.69, 9.17) is 4.74 Å². The van der Waals surface area contributed by atoms with Crippen LogP contribution in [-0.2, 0) is 4.74 Å². The monoisotopic (exact) mass is 324 g/mol. The molecule has 124 valence electrons. The predicted molar refractivity (Wildman–Crippen MR) is 93.1 cm³/mol. The van der Waals surface area contributed by atoms with Crippen LogP contribution in [0.15, 0.2) is 42.5 Å². The molecule has 2 aromatic carbocycles. The Balaban J connectivity index is 1.57. The molecule has 1 fully saturated rings. The fourth-order valence-corrected chi connectivity index (χ4v) is 3.28. The van der Waals surface area contributed by atoms with E-state index in [1.807, 2.05) is 30.3 Å². The summed E-state index contributed by atoms with van der Waals surface area (Å²) in [6.45, 7) is 1.31. The Morgan fingerprint density at radius 2 is 1.96 bits per heavy atom. The minimum absolute atomic E-state index is 0.199. The first-order chi connectivity index (χ1) is 11.6. The van der Waals surface area contributed by atoms with Crippen molar-refractivity contribution in [3.8, 4) is 0 Å². The van der Waals surface area contributed by atoms with Crippen molar-refractivity contribution >= 4 is 27.6 Å². The van der Waals surface area contributed by atoms with Crippen LogP contribution in [0.2, 0.25) is 0 Å². The third-order valence-corrected chi connectivity index (χ3v) is 4.77. The van der Waals surface area contributed by atoms with E-state index >= 15 is 0 Å². The Morgan fingerprint density at radius 3 is 2.79 bits per heavy atom. The quantitative estimate of drug-likeness (QED) is 0.693. The number of carbonyl (C=O) groups is 1. The molecule has 0 spiro atoms. The predicted octanol–water partition coefficient (Wildman–Crippen LogP) is 2.59. The zero-order valence-corrected chi connectivity index (χ0v) is 13.3. The highest BCUT2D eigenvalue weighted by Gasteiger charge is 2.30. The molecular formula is C19H20N2O3. The van der Waals surface area contributed by atoms with Gasteiger partial charge in [0.1, 0.15) is 5.69 Å². The van der Waals surface area contributed by atoms with Gasteiger partial charge >= 0.3 is 0 Å². The van der Waals surface area contributed by atoms with Crippen molar-refractivity contribution in [1.82, 2.24) is 10.3 Å². The lowest BCUT2D eigenvalue weighted by molar-refractivity contribution is -0.0605. The average molecular weight is 324 g/mol. The van der Waals surface area contributed by atoms with Crippen LogP contribution in [0, 0.1) is 0 Å². The first kappa shape index (κ1) is 15.2. The van der Waals surface area contributed by atoms with Gasteiger partial charge < -0.3 is 20.1 Å². The highest BCUT2D eigenvalue weighted by molar-refractivity contribution is 6.09. The van der Waals surface area contributed by atoms with Crippen molar-refractivity contribution in [1.29, 1.82) is 0 Å². The zero-order valence-electron chi connectivity index (χ0n) is 13.3. The summed E-state index contributed by atoms with van der Waals surface area (Å²) in [6.07, 6.45) is 1.09. The highest BCUT2D eigenvalue weighted by Crippen LogP contribution is 2.26. The Labute approximate surface area is 139 Å². The Hall–Kier alpha value is -2.37. The Bertz CT molecular complexity index is 894. The van der Waals surface area contributed by atoms with Gasteiger partial charge in [-0.1, -0.05) is 30.3 Å². The zero-order chi connectivity index (χ0) is 16.6. The molecule has 3 N–H and O–H groups in total. The molecule has 5 nitrogen and oxygen atoms in total. The fraction of sp³-hybridized carbons (Fsp3) is 0.316. The maximum absolute atomic E-state index is 12.5. The number of carbonyl (C=O) groups excluding carboxylic acids is 1. The summed E-state index contributed by atoms with van der Waals surface area (Å²) in [4.78, 5) is 15.6. The lowest BCUT2D eigenvalue weighted by Gasteiger charge is -2.31. The van der Waals surface area contributed by atoms with Crippen LogP contribution in [0.4, 0.5) is 0 Å². The Kier molecular flexibility index (Phi) is 3.75. The lowest BCUT2D eigenvalue weighted by atomic mass is 9.94. The topological polar surface area (TPSA) is 74.3 Å². The van der Waals surface area contributed by atoms with Crippen molar-refractivity contribution in [2.75, 3.05) is 19.8 Å². The van der Waals surface area contributed by atoms with Gasteiger partial charge in [0, 0.05) is 43.5 Å². The number of hydrogen-bond donors (Lipinski definition) is 3. The molecule has 1 aliphatic rings. The number of amides is 1. The highest BCUT2D eigenvalue weighted by atomic mass is 16.5. The molecule has 1 aliphatic heterocycles. The molecule has 0 atom stereocenters. The van der Waals surface area contributed by atoms with Crippen molar-refractivity contribution in [2.45, 2.75) is 18.4 Å². The average Bonchev–Trinajstić information content (AvgIpc) is 3.05. The van der Waals surface area contributed by atoms with Gasteiger partial charge in [-0.3, -0.25) is 4.79 Å². The van der Waals surface area contributed by atoms with Crippen LogP contribution in [0.25, 0.3) is 21.7 Å². The molecule has 0 saturated carbocycles. The van der Waals surface area contributed by atoms with E-state index in [0.717, 1.165) is 21.7 Å². The van der Waals surface area contributed by atoms with Gasteiger partial charge in [0.05, 0.1) is 5.60 Å². The van der Waals surface area contributed by atoms with E-state index in [1.165, 1.54) is 0 Å². The van der Waals surface area contributed by atoms with Crippen molar-refractivity contribution in [3.63, 3.8) is 0 Å². The molecular weight excluding hydrogens is 304 g/mol. The number of H-pyrrole nitrogens is 1. The van der Waals surface area contributed by atoms with Gasteiger partial charge in [0.15, 0.2) is 0 Å². The number of benzene rings is 2. The molecule has 1 saturated heterocycles. The molecule has 2 heterocycles. The number of hydrogen-bond acceptors (Lipinski definition) is 3. The summed E-state index contributed by atoms with van der Waals surface area (Å²) >= 11 is 0. The summed E-state index contributed by atoms with van der Waals surface area (Å²) in [6, 6.07) is 14.0. The molecule has 1 aromatic heterocycles. The molecule has 0 radical (unpaired) electrons. The number of aliphatic hydroxyl groups is 1. The maximum Gasteiger partial charge on any atom is 0.267 e. The largest absolute Gasteiger partial charge is 0.388 e. The minimum Gasteiger partial charge on any atom is -0.388 e. The molecule has 0 bridgehead atoms. The fourth-order valence-electron chi connectivity index (χ4n) is 3.28. The summed E-state index contributed by atoms with van der Waals surface area (Å²) in [5.41, 5.74) is 0.577. The van der Waals surface area contributed by atoms with Gasteiger partial charge in [0.2, 0.25) is 0 Å². The van der Waals surface area contributed by atoms with E-state index in [1.54, 1.807) is 0 Å². The third kappa shape index (κ3) is 2.77. The van der Waals surface area contributed by atoms with Gasteiger partial charge in [-0.15, -0.1) is 0 Å². The van der Waals surface area contributed by atoms with Gasteiger partial charge in [-0.25, -0.2) is 0 Å². The van der Waals surface area contributed by atoms with Gasteiger partial charge in [-0.2, -0.15) is 0 Å². The number of aromatic amines is 1. The van der Waals surface area contributed by atoms with E-state index in [2.05, 4.69) is 22.4 Å². The van der Waals surface area contributed by atoms with Gasteiger partial charge in [-0.05, 0) is 22.9 Å². The van der Waals surface area contributed by atoms with E-state index in [-0.39, 0.29) is 12.5 Å². The van der Waals surface area contributed by atoms with E-state index in [9.17, 15) is 9.90 Å². The Morgan fingerprint density at radius 1 is 1.17 bits per heavy atom. The molecule has 5 heteroatoms. The molecule has 0 aliphatic carbocycles. The summed E-state index contributed by atoms with van der Waals surface area (Å²) in [7, 11) is 0. The first-order valence-corrected chi connectivity index (χ1v) is 8.23. The molecule has 3 aromatic rings. The lowest BCUT2D eigenvalue weighted by Crippen LogP contribution is -2.46. The van der Waals surface area contributed by atoms with E-state index < -0.39 is 5.60 Å². The number of nitrogens with one attached hydrogen (secondary N) is 2. The van der Waals surface area contributed by atoms with Crippen molar-refractivity contribution in [2.24, 2.45) is 0 Å². The van der Waals surface area contributed by atoms with Crippen LogP contribution in [0.5, 0.6) is 0 Å². The van der Waals surface area contributed by atoms with Crippen LogP contribution in [0.1, 0.15) is 23.3 Å². The summed E-state index contributed by atoms with van der Waals surface area (Å²) < 4.78 is 5.26. The first-order valence-electron chi connectivity index (χ1n) is 8.23. The molecule has 0 unspecified atom stereocenters. The SMILES string of the molecule is O=C(NCC1(O)CCOCC1)c1cc2c(ccc3ccccc32)[nH]1. The van der Waals surface area contributed by atoms with Crippen LogP contribution in [-0.4, -0.2) is 41.4 Å². The number of aromatic nitrogens is 1. The smallest absolute Gasteiger partial charge is 0.267 e. The van der Waals surface area contributed by atoms with Crippen molar-refractivity contribution < 1.29 is 14.6 Å². The minimum atomic E-state index is -0.868. The number of rotatable bonds is 3. The second-order valence-corrected chi connectivity index (χ2v) is 6.45. The van der Waals surface area contributed by atoms with Crippen LogP contribution in [0.3, 0.4) is 0 Å².